The second kappa shape index (κ2) is 11.6. The summed E-state index contributed by atoms with van der Waals surface area (Å²) in [6.07, 6.45) is 7.47. The maximum atomic E-state index is 12.8. The molecular formula is C27H33N7O2. The fraction of sp³-hybridized carbons (Fsp3) is 0.407. The summed E-state index contributed by atoms with van der Waals surface area (Å²) in [4.78, 5) is 30.8. The average molecular weight is 488 g/mol. The summed E-state index contributed by atoms with van der Waals surface area (Å²) in [6, 6.07) is 11.9. The van der Waals surface area contributed by atoms with E-state index >= 15 is 0 Å². The highest BCUT2D eigenvalue weighted by Crippen LogP contribution is 2.24. The van der Waals surface area contributed by atoms with E-state index in [4.69, 9.17) is 0 Å². The molecule has 0 amide bonds. The van der Waals surface area contributed by atoms with Gasteiger partial charge in [-0.05, 0) is 48.2 Å². The number of hydrogen-bond acceptors (Lipinski definition) is 9. The molecule has 0 spiro atoms. The standard InChI is InChI=1S/C27H33N7O2/c35-19-24-25(36)6-1-2-8-29-27-30-16-22(17-31-27)21-7-9-28-26(15-21)32-23-5-3-4-20(14-23)18-33-10-12-34(24)13-11-33/h3-5,7,9,14-17,24,35H,1-2,6,8,10-13,18-19H2,(H,28,32)(H,29,30,31). The zero-order valence-corrected chi connectivity index (χ0v) is 20.4. The predicted octanol–water partition coefficient (Wildman–Crippen LogP) is 2.93. The van der Waals surface area contributed by atoms with Gasteiger partial charge in [-0.1, -0.05) is 12.1 Å². The van der Waals surface area contributed by atoms with E-state index in [2.05, 4.69) is 53.6 Å². The normalized spacial score (nSPS) is 23.0. The highest BCUT2D eigenvalue weighted by atomic mass is 16.3. The molecule has 0 aliphatic carbocycles. The van der Waals surface area contributed by atoms with Crippen LogP contribution in [0.1, 0.15) is 24.8 Å². The molecule has 5 aliphatic rings. The van der Waals surface area contributed by atoms with Gasteiger partial charge in [-0.15, -0.1) is 0 Å². The number of Topliss-reactive ketones (excluding diaryl/α,β-unsaturated/α-hetero) is 1. The van der Waals surface area contributed by atoms with Gasteiger partial charge in [0.15, 0.2) is 5.78 Å². The summed E-state index contributed by atoms with van der Waals surface area (Å²) in [7, 11) is 0. The number of pyridine rings is 1. The summed E-state index contributed by atoms with van der Waals surface area (Å²) in [6.45, 7) is 4.70. The third-order valence-corrected chi connectivity index (χ3v) is 6.88. The van der Waals surface area contributed by atoms with E-state index < -0.39 is 6.04 Å². The van der Waals surface area contributed by atoms with Crippen LogP contribution in [0, 0.1) is 0 Å². The van der Waals surface area contributed by atoms with Crippen LogP contribution in [0.4, 0.5) is 17.5 Å². The molecule has 1 unspecified atom stereocenters. The van der Waals surface area contributed by atoms with Crippen LogP contribution in [0.3, 0.4) is 0 Å². The van der Waals surface area contributed by atoms with Gasteiger partial charge in [-0.2, -0.15) is 0 Å². The lowest BCUT2D eigenvalue weighted by atomic mass is 10.0. The van der Waals surface area contributed by atoms with E-state index in [1.54, 1.807) is 18.6 Å². The van der Waals surface area contributed by atoms with Crippen LogP contribution in [0.5, 0.6) is 0 Å². The lowest BCUT2D eigenvalue weighted by molar-refractivity contribution is -0.126. The van der Waals surface area contributed by atoms with Crippen molar-refractivity contribution in [3.63, 3.8) is 0 Å². The minimum Gasteiger partial charge on any atom is -0.394 e. The van der Waals surface area contributed by atoms with Crippen LogP contribution < -0.4 is 10.6 Å². The third kappa shape index (κ3) is 6.04. The van der Waals surface area contributed by atoms with Gasteiger partial charge in [0, 0.05) is 75.5 Å². The molecule has 9 heteroatoms. The lowest BCUT2D eigenvalue weighted by Crippen LogP contribution is -2.53. The van der Waals surface area contributed by atoms with E-state index in [0.29, 0.717) is 18.9 Å². The fourth-order valence-electron chi connectivity index (χ4n) is 4.85. The van der Waals surface area contributed by atoms with Crippen molar-refractivity contribution in [1.82, 2.24) is 24.8 Å². The molecule has 7 heterocycles. The van der Waals surface area contributed by atoms with Gasteiger partial charge in [0.1, 0.15) is 5.82 Å². The highest BCUT2D eigenvalue weighted by Gasteiger charge is 2.28. The molecule has 1 fully saturated rings. The first-order chi connectivity index (χ1) is 17.7. The van der Waals surface area contributed by atoms with E-state index in [1.807, 2.05) is 18.2 Å². The minimum absolute atomic E-state index is 0.124. The Balaban J connectivity index is 1.37. The van der Waals surface area contributed by atoms with Crippen molar-refractivity contribution in [1.29, 1.82) is 0 Å². The Bertz CT molecular complexity index is 1160. The molecule has 9 nitrogen and oxygen atoms in total. The van der Waals surface area contributed by atoms with E-state index in [9.17, 15) is 9.90 Å². The van der Waals surface area contributed by atoms with Crippen LogP contribution in [0.2, 0.25) is 0 Å². The third-order valence-electron chi connectivity index (χ3n) is 6.88. The van der Waals surface area contributed by atoms with Crippen LogP contribution in [0.15, 0.2) is 55.0 Å². The summed E-state index contributed by atoms with van der Waals surface area (Å²) in [5, 5.41) is 16.6. The monoisotopic (exact) mass is 487 g/mol. The molecule has 1 atom stereocenters. The smallest absolute Gasteiger partial charge is 0.222 e. The number of anilines is 3. The van der Waals surface area contributed by atoms with Gasteiger partial charge in [-0.3, -0.25) is 14.6 Å². The maximum Gasteiger partial charge on any atom is 0.222 e. The van der Waals surface area contributed by atoms with Crippen molar-refractivity contribution in [2.24, 2.45) is 0 Å². The number of benzene rings is 1. The quantitative estimate of drug-likeness (QED) is 0.478. The first-order valence-corrected chi connectivity index (χ1v) is 12.7. The summed E-state index contributed by atoms with van der Waals surface area (Å²) in [5.41, 5.74) is 4.10. The predicted molar refractivity (Wildman–Crippen MR) is 140 cm³/mol. The second-order valence-electron chi connectivity index (χ2n) is 9.41. The van der Waals surface area contributed by atoms with Crippen molar-refractivity contribution in [3.05, 3.63) is 60.6 Å². The van der Waals surface area contributed by atoms with Crippen LogP contribution in [0.25, 0.3) is 11.1 Å². The minimum atomic E-state index is -0.410. The number of carbonyl (C=O) groups is 1. The van der Waals surface area contributed by atoms with E-state index in [1.165, 1.54) is 5.56 Å². The number of aliphatic hydroxyl groups excluding tert-OH is 1. The SMILES string of the molecule is O=C1CCCCNc2ncc(cn2)-c2ccnc(c2)Nc2cccc(c2)CN2CCN(CC2)C1CO. The van der Waals surface area contributed by atoms with Crippen LogP contribution in [-0.4, -0.2) is 81.0 Å². The molecule has 188 valence electrons. The molecule has 3 N–H and O–H groups in total. The van der Waals surface area contributed by atoms with E-state index in [0.717, 1.165) is 68.2 Å². The number of carbonyl (C=O) groups excluding carboxylic acids is 1. The Labute approximate surface area is 211 Å². The molecule has 36 heavy (non-hydrogen) atoms. The highest BCUT2D eigenvalue weighted by molar-refractivity contribution is 5.84. The Morgan fingerprint density at radius 1 is 0.972 bits per heavy atom. The Kier molecular flexibility index (Phi) is 7.80. The molecule has 1 aromatic carbocycles. The number of rotatable bonds is 1. The number of nitrogens with one attached hydrogen (secondary N) is 2. The molecule has 2 aromatic heterocycles. The van der Waals surface area contributed by atoms with Crippen molar-refractivity contribution >= 4 is 23.2 Å². The Hall–Kier alpha value is -3.40. The van der Waals surface area contributed by atoms with Gasteiger partial charge in [-0.25, -0.2) is 15.0 Å². The maximum absolute atomic E-state index is 12.8. The molecular weight excluding hydrogens is 454 g/mol. The zero-order chi connectivity index (χ0) is 24.7. The fourth-order valence-corrected chi connectivity index (χ4v) is 4.85. The summed E-state index contributed by atoms with van der Waals surface area (Å²) < 4.78 is 0. The average Bonchev–Trinajstić information content (AvgIpc) is 2.90. The van der Waals surface area contributed by atoms with Crippen LogP contribution in [-0.2, 0) is 11.3 Å². The first kappa shape index (κ1) is 24.3. The van der Waals surface area contributed by atoms with Gasteiger partial charge < -0.3 is 15.7 Å². The molecule has 5 aliphatic heterocycles. The Morgan fingerprint density at radius 2 is 1.81 bits per heavy atom. The number of nitrogens with zero attached hydrogens (tertiary/aromatic N) is 5. The first-order valence-electron chi connectivity index (χ1n) is 12.7. The molecule has 0 radical (unpaired) electrons. The molecule has 3 aromatic rings. The van der Waals surface area contributed by atoms with Crippen molar-refractivity contribution in [3.8, 4) is 11.1 Å². The molecule has 8 rings (SSSR count). The largest absolute Gasteiger partial charge is 0.394 e. The summed E-state index contributed by atoms with van der Waals surface area (Å²) >= 11 is 0. The zero-order valence-electron chi connectivity index (χ0n) is 20.4. The van der Waals surface area contributed by atoms with Crippen molar-refractivity contribution in [2.45, 2.75) is 31.8 Å². The van der Waals surface area contributed by atoms with Crippen molar-refractivity contribution in [2.75, 3.05) is 50.0 Å². The Morgan fingerprint density at radius 3 is 2.61 bits per heavy atom. The number of hydrogen-bond donors (Lipinski definition) is 3. The van der Waals surface area contributed by atoms with Gasteiger partial charge >= 0.3 is 0 Å². The number of aromatic nitrogens is 3. The second-order valence-corrected chi connectivity index (χ2v) is 9.41. The van der Waals surface area contributed by atoms with Gasteiger partial charge in [0.05, 0.1) is 12.6 Å². The number of piperazine rings is 1. The van der Waals surface area contributed by atoms with Gasteiger partial charge in [0.2, 0.25) is 5.95 Å². The molecule has 1 saturated heterocycles. The summed E-state index contributed by atoms with van der Waals surface area (Å²) in [5.74, 6) is 1.46. The topological polar surface area (TPSA) is 107 Å². The van der Waals surface area contributed by atoms with Gasteiger partial charge in [0.25, 0.3) is 0 Å². The lowest BCUT2D eigenvalue weighted by Gasteiger charge is -2.38. The molecule has 0 saturated carbocycles. The molecule has 8 bridgehead atoms. The van der Waals surface area contributed by atoms with Crippen molar-refractivity contribution < 1.29 is 9.90 Å². The van der Waals surface area contributed by atoms with E-state index in [-0.39, 0.29) is 12.4 Å². The van der Waals surface area contributed by atoms with Crippen LogP contribution >= 0.6 is 0 Å². The number of aliphatic hydroxyl groups is 1. The number of ketones is 1.